The van der Waals surface area contributed by atoms with Crippen LogP contribution < -0.4 is 14.9 Å². The molecule has 0 saturated heterocycles. The molecule has 3 aromatic carbocycles. The zero-order chi connectivity index (χ0) is 26.2. The first-order chi connectivity index (χ1) is 18.0. The second-order valence-electron chi connectivity index (χ2n) is 8.27. The van der Waals surface area contributed by atoms with Crippen molar-refractivity contribution in [3.05, 3.63) is 83.4 Å². The lowest BCUT2D eigenvalue weighted by molar-refractivity contribution is -0.118. The standard InChI is InChI=1S/C28H29N5O3S/c1-5-36-24-15-10-21(16-25(24)35-4)17-29-30-26(34)18-37-28-32-31-27(22-11-6-19(2)7-12-22)33(28)23-13-8-20(3)9-14-23/h6-17H,5,18H2,1-4H3,(H,30,34)/b29-17+. The van der Waals surface area contributed by atoms with E-state index in [0.29, 0.717) is 29.1 Å². The Morgan fingerprint density at radius 2 is 1.70 bits per heavy atom. The normalized spacial score (nSPS) is 11.0. The lowest BCUT2D eigenvalue weighted by Gasteiger charge is -2.11. The summed E-state index contributed by atoms with van der Waals surface area (Å²) < 4.78 is 12.9. The van der Waals surface area contributed by atoms with E-state index in [1.54, 1.807) is 19.4 Å². The fourth-order valence-corrected chi connectivity index (χ4v) is 4.30. The van der Waals surface area contributed by atoms with Crippen LogP contribution in [0.2, 0.25) is 0 Å². The van der Waals surface area contributed by atoms with Gasteiger partial charge >= 0.3 is 0 Å². The third-order valence-corrected chi connectivity index (χ3v) is 6.39. The van der Waals surface area contributed by atoms with E-state index in [1.165, 1.54) is 17.3 Å². The molecule has 0 aliphatic carbocycles. The highest BCUT2D eigenvalue weighted by Gasteiger charge is 2.17. The highest BCUT2D eigenvalue weighted by Crippen LogP contribution is 2.29. The van der Waals surface area contributed by atoms with E-state index < -0.39 is 0 Å². The zero-order valence-electron chi connectivity index (χ0n) is 21.3. The molecule has 1 aromatic heterocycles. The summed E-state index contributed by atoms with van der Waals surface area (Å²) >= 11 is 1.30. The largest absolute Gasteiger partial charge is 0.493 e. The van der Waals surface area contributed by atoms with Gasteiger partial charge in [-0.3, -0.25) is 9.36 Å². The first-order valence-corrected chi connectivity index (χ1v) is 12.8. The number of rotatable bonds is 10. The number of nitrogens with one attached hydrogen (secondary N) is 1. The van der Waals surface area contributed by atoms with Gasteiger partial charge in [0.2, 0.25) is 0 Å². The third-order valence-electron chi connectivity index (χ3n) is 5.46. The molecule has 0 radical (unpaired) electrons. The number of aromatic nitrogens is 3. The lowest BCUT2D eigenvalue weighted by atomic mass is 10.1. The van der Waals surface area contributed by atoms with Gasteiger partial charge in [0.15, 0.2) is 22.5 Å². The number of benzene rings is 3. The predicted octanol–water partition coefficient (Wildman–Crippen LogP) is 5.20. The van der Waals surface area contributed by atoms with Crippen molar-refractivity contribution in [2.75, 3.05) is 19.5 Å². The summed E-state index contributed by atoms with van der Waals surface area (Å²) in [5.74, 6) is 1.85. The molecule has 1 N–H and O–H groups in total. The van der Waals surface area contributed by atoms with Crippen LogP contribution >= 0.6 is 11.8 Å². The number of amides is 1. The monoisotopic (exact) mass is 515 g/mol. The topological polar surface area (TPSA) is 90.6 Å². The fourth-order valence-electron chi connectivity index (χ4n) is 3.56. The summed E-state index contributed by atoms with van der Waals surface area (Å²) in [6.07, 6.45) is 1.56. The van der Waals surface area contributed by atoms with E-state index in [9.17, 15) is 4.79 Å². The van der Waals surface area contributed by atoms with Crippen molar-refractivity contribution in [1.29, 1.82) is 0 Å². The Morgan fingerprint density at radius 3 is 2.38 bits per heavy atom. The van der Waals surface area contributed by atoms with Crippen molar-refractivity contribution < 1.29 is 14.3 Å². The van der Waals surface area contributed by atoms with Crippen molar-refractivity contribution in [2.24, 2.45) is 5.10 Å². The number of carbonyl (C=O) groups excluding carboxylic acids is 1. The van der Waals surface area contributed by atoms with Gasteiger partial charge in [-0.25, -0.2) is 5.43 Å². The van der Waals surface area contributed by atoms with Gasteiger partial charge in [-0.05, 0) is 56.7 Å². The summed E-state index contributed by atoms with van der Waals surface area (Å²) in [6, 6.07) is 21.7. The molecule has 0 aliphatic heterocycles. The average Bonchev–Trinajstić information content (AvgIpc) is 3.33. The van der Waals surface area contributed by atoms with Gasteiger partial charge in [0.1, 0.15) is 0 Å². The maximum Gasteiger partial charge on any atom is 0.250 e. The number of ether oxygens (including phenoxy) is 2. The van der Waals surface area contributed by atoms with Crippen LogP contribution in [0.3, 0.4) is 0 Å². The molecule has 9 heteroatoms. The molecule has 4 rings (SSSR count). The predicted molar refractivity (Wildman–Crippen MR) is 147 cm³/mol. The van der Waals surface area contributed by atoms with E-state index in [0.717, 1.165) is 22.4 Å². The highest BCUT2D eigenvalue weighted by molar-refractivity contribution is 7.99. The Balaban J connectivity index is 1.46. The molecule has 0 unspecified atom stereocenters. The Kier molecular flexibility index (Phi) is 8.58. The molecule has 1 amide bonds. The number of nitrogens with zero attached hydrogens (tertiary/aromatic N) is 4. The van der Waals surface area contributed by atoms with Crippen LogP contribution in [-0.2, 0) is 4.79 Å². The SMILES string of the molecule is CCOc1ccc(/C=N/NC(=O)CSc2nnc(-c3ccc(C)cc3)n2-c2ccc(C)cc2)cc1OC. The van der Waals surface area contributed by atoms with Crippen LogP contribution in [0, 0.1) is 13.8 Å². The molecule has 0 spiro atoms. The molecule has 0 atom stereocenters. The van der Waals surface area contributed by atoms with Crippen molar-refractivity contribution in [1.82, 2.24) is 20.2 Å². The molecule has 0 aliphatic rings. The maximum atomic E-state index is 12.5. The van der Waals surface area contributed by atoms with Gasteiger partial charge < -0.3 is 9.47 Å². The van der Waals surface area contributed by atoms with Crippen molar-refractivity contribution >= 4 is 23.9 Å². The van der Waals surface area contributed by atoms with E-state index >= 15 is 0 Å². The smallest absolute Gasteiger partial charge is 0.250 e. The minimum absolute atomic E-state index is 0.127. The molecule has 4 aromatic rings. The summed E-state index contributed by atoms with van der Waals surface area (Å²) in [5.41, 5.74) is 7.55. The Bertz CT molecular complexity index is 1380. The number of hydrogen-bond acceptors (Lipinski definition) is 7. The van der Waals surface area contributed by atoms with Crippen LogP contribution in [0.4, 0.5) is 0 Å². The minimum Gasteiger partial charge on any atom is -0.493 e. The summed E-state index contributed by atoms with van der Waals surface area (Å²) in [4.78, 5) is 12.5. The third kappa shape index (κ3) is 6.56. The fraction of sp³-hybridized carbons (Fsp3) is 0.214. The minimum atomic E-state index is -0.255. The van der Waals surface area contributed by atoms with Crippen molar-refractivity contribution in [3.63, 3.8) is 0 Å². The molecule has 0 fully saturated rings. The summed E-state index contributed by atoms with van der Waals surface area (Å²) in [5, 5.41) is 13.5. The number of methoxy groups -OCH3 is 1. The Morgan fingerprint density at radius 1 is 1.00 bits per heavy atom. The molecule has 0 bridgehead atoms. The van der Waals surface area contributed by atoms with Gasteiger partial charge in [0.25, 0.3) is 5.91 Å². The number of carbonyl (C=O) groups is 1. The van der Waals surface area contributed by atoms with Crippen LogP contribution in [0.15, 0.2) is 77.0 Å². The van der Waals surface area contributed by atoms with E-state index in [4.69, 9.17) is 9.47 Å². The second-order valence-corrected chi connectivity index (χ2v) is 9.21. The van der Waals surface area contributed by atoms with Gasteiger partial charge in [0.05, 0.1) is 25.7 Å². The number of hydrazone groups is 1. The number of thioether (sulfide) groups is 1. The first kappa shape index (κ1) is 26.0. The van der Waals surface area contributed by atoms with Gasteiger partial charge in [-0.1, -0.05) is 59.3 Å². The summed E-state index contributed by atoms with van der Waals surface area (Å²) in [7, 11) is 1.58. The molecule has 8 nitrogen and oxygen atoms in total. The molecular formula is C28H29N5O3S. The van der Waals surface area contributed by atoms with Gasteiger partial charge in [0, 0.05) is 11.3 Å². The molecule has 1 heterocycles. The lowest BCUT2D eigenvalue weighted by Crippen LogP contribution is -2.20. The molecule has 0 saturated carbocycles. The zero-order valence-corrected chi connectivity index (χ0v) is 22.1. The van der Waals surface area contributed by atoms with Crippen LogP contribution in [0.1, 0.15) is 23.6 Å². The average molecular weight is 516 g/mol. The van der Waals surface area contributed by atoms with Crippen molar-refractivity contribution in [2.45, 2.75) is 25.9 Å². The quantitative estimate of drug-likeness (QED) is 0.177. The Hall–Kier alpha value is -4.11. The number of hydrogen-bond donors (Lipinski definition) is 1. The van der Waals surface area contributed by atoms with Crippen LogP contribution in [-0.4, -0.2) is 46.4 Å². The van der Waals surface area contributed by atoms with Crippen molar-refractivity contribution in [3.8, 4) is 28.6 Å². The molecule has 37 heavy (non-hydrogen) atoms. The second kappa shape index (κ2) is 12.2. The van der Waals surface area contributed by atoms with Gasteiger partial charge in [-0.15, -0.1) is 10.2 Å². The summed E-state index contributed by atoms with van der Waals surface area (Å²) in [6.45, 7) is 6.54. The van der Waals surface area contributed by atoms with E-state index in [-0.39, 0.29) is 11.7 Å². The molecule has 190 valence electrons. The maximum absolute atomic E-state index is 12.5. The Labute approximate surface area is 220 Å². The molecular weight excluding hydrogens is 486 g/mol. The van der Waals surface area contributed by atoms with Crippen LogP contribution in [0.25, 0.3) is 17.1 Å². The van der Waals surface area contributed by atoms with E-state index in [2.05, 4.69) is 20.7 Å². The van der Waals surface area contributed by atoms with Gasteiger partial charge in [-0.2, -0.15) is 5.10 Å². The van der Waals surface area contributed by atoms with Crippen LogP contribution in [0.5, 0.6) is 11.5 Å². The highest BCUT2D eigenvalue weighted by atomic mass is 32.2. The number of aryl methyl sites for hydroxylation is 2. The first-order valence-electron chi connectivity index (χ1n) is 11.8. The van der Waals surface area contributed by atoms with E-state index in [1.807, 2.05) is 86.0 Å².